The monoisotopic (exact) mass is 483 g/mol. The molecule has 34 heavy (non-hydrogen) atoms. The fourth-order valence-electron chi connectivity index (χ4n) is 4.92. The number of hydrogen-bond acceptors (Lipinski definition) is 2. The molecule has 1 unspecified atom stereocenters. The van der Waals surface area contributed by atoms with E-state index in [4.69, 9.17) is 4.74 Å². The molecule has 0 rings (SSSR count). The van der Waals surface area contributed by atoms with Crippen LogP contribution in [0.3, 0.4) is 0 Å². The molecule has 0 aliphatic carbocycles. The lowest BCUT2D eigenvalue weighted by Crippen LogP contribution is -2.15. The van der Waals surface area contributed by atoms with Crippen LogP contribution in [0.4, 0.5) is 0 Å². The Hall–Kier alpha value is -0.0800. The highest BCUT2D eigenvalue weighted by Crippen LogP contribution is 2.14. The zero-order chi connectivity index (χ0) is 24.8. The van der Waals surface area contributed by atoms with Gasteiger partial charge in [0, 0.05) is 6.61 Å². The average Bonchev–Trinajstić information content (AvgIpc) is 2.84. The first-order chi connectivity index (χ1) is 16.8. The van der Waals surface area contributed by atoms with E-state index in [2.05, 4.69) is 13.8 Å². The number of aliphatic hydroxyl groups excluding tert-OH is 1. The van der Waals surface area contributed by atoms with Crippen molar-refractivity contribution in [2.75, 3.05) is 13.2 Å². The van der Waals surface area contributed by atoms with Crippen LogP contribution in [0.5, 0.6) is 0 Å². The van der Waals surface area contributed by atoms with Crippen molar-refractivity contribution in [2.45, 2.75) is 193 Å². The third kappa shape index (κ3) is 30.0. The van der Waals surface area contributed by atoms with Gasteiger partial charge < -0.3 is 9.84 Å². The molecule has 0 fully saturated rings. The summed E-state index contributed by atoms with van der Waals surface area (Å²) in [5.41, 5.74) is 0. The van der Waals surface area contributed by atoms with E-state index >= 15 is 0 Å². The second-order valence-electron chi connectivity index (χ2n) is 11.0. The Morgan fingerprint density at radius 2 is 0.706 bits per heavy atom. The summed E-state index contributed by atoms with van der Waals surface area (Å²) >= 11 is 0. The summed E-state index contributed by atoms with van der Waals surface area (Å²) in [6.07, 6.45) is 36.6. The van der Waals surface area contributed by atoms with E-state index in [1.165, 1.54) is 154 Å². The van der Waals surface area contributed by atoms with E-state index < -0.39 is 0 Å². The second-order valence-corrected chi connectivity index (χ2v) is 11.0. The maximum absolute atomic E-state index is 10.1. The van der Waals surface area contributed by atoms with Crippen LogP contribution < -0.4 is 0 Å². The van der Waals surface area contributed by atoms with Crippen molar-refractivity contribution in [3.8, 4) is 0 Å². The third-order valence-corrected chi connectivity index (χ3v) is 7.34. The summed E-state index contributed by atoms with van der Waals surface area (Å²) in [6.45, 7) is 5.94. The van der Waals surface area contributed by atoms with E-state index in [0.29, 0.717) is 6.61 Å². The van der Waals surface area contributed by atoms with Gasteiger partial charge in [-0.1, -0.05) is 174 Å². The minimum absolute atomic E-state index is 0.255. The van der Waals surface area contributed by atoms with Gasteiger partial charge in [-0.25, -0.2) is 0 Å². The number of aliphatic hydroxyl groups is 1. The summed E-state index contributed by atoms with van der Waals surface area (Å²) in [5.74, 6) is 0. The highest BCUT2D eigenvalue weighted by atomic mass is 16.5. The number of hydrogen-bond donors (Lipinski definition) is 1. The highest BCUT2D eigenvalue weighted by molar-refractivity contribution is 4.56. The summed E-state index contributed by atoms with van der Waals surface area (Å²) in [5, 5.41) is 10.1. The minimum atomic E-state index is -0.255. The molecule has 0 saturated carbocycles. The van der Waals surface area contributed by atoms with E-state index in [9.17, 15) is 5.11 Å². The lowest BCUT2D eigenvalue weighted by Gasteiger charge is -2.11. The van der Waals surface area contributed by atoms with Crippen LogP contribution in [0.15, 0.2) is 0 Å². The molecule has 0 bridgehead atoms. The Morgan fingerprint density at radius 1 is 0.412 bits per heavy atom. The molecule has 0 spiro atoms. The van der Waals surface area contributed by atoms with Crippen LogP contribution in [0.1, 0.15) is 187 Å². The van der Waals surface area contributed by atoms with Crippen LogP contribution in [0.2, 0.25) is 0 Å². The molecule has 0 aromatic heterocycles. The third-order valence-electron chi connectivity index (χ3n) is 7.34. The van der Waals surface area contributed by atoms with Crippen LogP contribution in [0, 0.1) is 0 Å². The van der Waals surface area contributed by atoms with Gasteiger partial charge in [0.25, 0.3) is 0 Å². The molecule has 206 valence electrons. The van der Waals surface area contributed by atoms with Crippen LogP contribution in [0.25, 0.3) is 0 Å². The number of unbranched alkanes of at least 4 members (excludes halogenated alkanes) is 24. The fourth-order valence-corrected chi connectivity index (χ4v) is 4.92. The SMILES string of the molecule is CCCCCCCCCCCCCCCCOCC(O)CCCCCCCCCCCCCC. The molecule has 0 radical (unpaired) electrons. The lowest BCUT2D eigenvalue weighted by atomic mass is 10.0. The van der Waals surface area contributed by atoms with Gasteiger partial charge in [0.15, 0.2) is 0 Å². The Bertz CT molecular complexity index is 344. The van der Waals surface area contributed by atoms with Gasteiger partial charge >= 0.3 is 0 Å². The summed E-state index contributed by atoms with van der Waals surface area (Å²) < 4.78 is 5.71. The van der Waals surface area contributed by atoms with Gasteiger partial charge in [0.05, 0.1) is 12.7 Å². The van der Waals surface area contributed by atoms with Crippen molar-refractivity contribution in [1.82, 2.24) is 0 Å². The molecule has 1 N–H and O–H groups in total. The second kappa shape index (κ2) is 31.0. The van der Waals surface area contributed by atoms with Crippen LogP contribution in [-0.2, 0) is 4.74 Å². The van der Waals surface area contributed by atoms with E-state index in [1.54, 1.807) is 0 Å². The van der Waals surface area contributed by atoms with Gasteiger partial charge in [0.2, 0.25) is 0 Å². The van der Waals surface area contributed by atoms with Gasteiger partial charge in [0.1, 0.15) is 0 Å². The predicted molar refractivity (Wildman–Crippen MR) is 153 cm³/mol. The summed E-state index contributed by atoms with van der Waals surface area (Å²) in [7, 11) is 0. The maximum Gasteiger partial charge on any atom is 0.0773 e. The first-order valence-corrected chi connectivity index (χ1v) is 16.1. The average molecular weight is 483 g/mol. The van der Waals surface area contributed by atoms with Crippen molar-refractivity contribution in [2.24, 2.45) is 0 Å². The first kappa shape index (κ1) is 33.9. The Kier molecular flexibility index (Phi) is 30.9. The summed E-state index contributed by atoms with van der Waals surface area (Å²) in [6, 6.07) is 0. The number of rotatable bonds is 30. The molecule has 0 aliphatic rings. The highest BCUT2D eigenvalue weighted by Gasteiger charge is 2.04. The van der Waals surface area contributed by atoms with Crippen molar-refractivity contribution in [1.29, 1.82) is 0 Å². The van der Waals surface area contributed by atoms with Crippen molar-refractivity contribution in [3.63, 3.8) is 0 Å². The van der Waals surface area contributed by atoms with E-state index in [1.807, 2.05) is 0 Å². The quantitative estimate of drug-likeness (QED) is 0.103. The molecule has 0 amide bonds. The zero-order valence-electron chi connectivity index (χ0n) is 23.9. The van der Waals surface area contributed by atoms with Crippen molar-refractivity contribution in [3.05, 3.63) is 0 Å². The fraction of sp³-hybridized carbons (Fsp3) is 1.00. The molecule has 0 aromatic rings. The maximum atomic E-state index is 10.1. The molecule has 0 heterocycles. The predicted octanol–water partition coefficient (Wildman–Crippen LogP) is 10.9. The molecule has 0 aliphatic heterocycles. The van der Waals surface area contributed by atoms with E-state index in [0.717, 1.165) is 25.9 Å². The van der Waals surface area contributed by atoms with Gasteiger partial charge in [-0.05, 0) is 12.8 Å². The normalized spacial score (nSPS) is 12.4. The summed E-state index contributed by atoms with van der Waals surface area (Å²) in [4.78, 5) is 0. The van der Waals surface area contributed by atoms with Crippen molar-refractivity contribution < 1.29 is 9.84 Å². The van der Waals surface area contributed by atoms with Crippen LogP contribution in [-0.4, -0.2) is 24.4 Å². The van der Waals surface area contributed by atoms with Crippen molar-refractivity contribution >= 4 is 0 Å². The van der Waals surface area contributed by atoms with Gasteiger partial charge in [-0.15, -0.1) is 0 Å². The van der Waals surface area contributed by atoms with Gasteiger partial charge in [-0.3, -0.25) is 0 Å². The molecule has 0 aromatic carbocycles. The zero-order valence-corrected chi connectivity index (χ0v) is 23.9. The molecule has 2 nitrogen and oxygen atoms in total. The standard InChI is InChI=1S/C32H66O2/c1-3-5-7-9-11-13-15-17-18-20-22-24-26-28-30-34-31-32(33)29-27-25-23-21-19-16-14-12-10-8-6-4-2/h32-33H,3-31H2,1-2H3. The smallest absolute Gasteiger partial charge is 0.0773 e. The molecular formula is C32H66O2. The molecule has 2 heteroatoms. The first-order valence-electron chi connectivity index (χ1n) is 16.1. The molecule has 0 saturated heterocycles. The largest absolute Gasteiger partial charge is 0.391 e. The minimum Gasteiger partial charge on any atom is -0.391 e. The topological polar surface area (TPSA) is 29.5 Å². The van der Waals surface area contributed by atoms with Crippen LogP contribution >= 0.6 is 0 Å². The Balaban J connectivity index is 3.13. The number of ether oxygens (including phenoxy) is 1. The van der Waals surface area contributed by atoms with E-state index in [-0.39, 0.29) is 6.10 Å². The molecular weight excluding hydrogens is 416 g/mol. The Morgan fingerprint density at radius 3 is 1.06 bits per heavy atom. The Labute approximate surface area is 216 Å². The lowest BCUT2D eigenvalue weighted by molar-refractivity contribution is 0.0297. The van der Waals surface area contributed by atoms with Gasteiger partial charge in [-0.2, -0.15) is 0 Å². The molecule has 1 atom stereocenters.